The second kappa shape index (κ2) is 5.23. The minimum atomic E-state index is -0.465. The van der Waals surface area contributed by atoms with E-state index >= 15 is 0 Å². The predicted octanol–water partition coefficient (Wildman–Crippen LogP) is 1.95. The molecule has 0 spiro atoms. The second-order valence-electron chi connectivity index (χ2n) is 3.92. The topological polar surface area (TPSA) is 78.3 Å². The first-order chi connectivity index (χ1) is 8.65. The van der Waals surface area contributed by atoms with E-state index in [9.17, 15) is 4.79 Å². The van der Waals surface area contributed by atoms with Crippen molar-refractivity contribution in [2.24, 2.45) is 5.73 Å². The number of benzene rings is 2. The molecule has 0 heterocycles. The van der Waals surface area contributed by atoms with Crippen LogP contribution in [0.3, 0.4) is 0 Å². The Labute approximate surface area is 105 Å². The Kier molecular flexibility index (Phi) is 3.48. The van der Waals surface area contributed by atoms with Gasteiger partial charge in [0.15, 0.2) is 0 Å². The maximum Gasteiger partial charge on any atom is 0.248 e. The summed E-state index contributed by atoms with van der Waals surface area (Å²) in [5.74, 6) is 0.149. The van der Waals surface area contributed by atoms with Gasteiger partial charge < -0.3 is 16.2 Å². The molecule has 4 nitrogen and oxygen atoms in total. The molecule has 0 aliphatic heterocycles. The summed E-state index contributed by atoms with van der Waals surface area (Å²) in [4.78, 5) is 11.0. The number of ether oxygens (including phenoxy) is 1. The lowest BCUT2D eigenvalue weighted by molar-refractivity contribution is 0.1000. The normalized spacial score (nSPS) is 10.0. The first-order valence-corrected chi connectivity index (χ1v) is 5.52. The number of carbonyl (C=O) groups is 1. The molecular formula is C14H14N2O2. The van der Waals surface area contributed by atoms with Crippen molar-refractivity contribution < 1.29 is 9.53 Å². The molecule has 2 rings (SSSR count). The van der Waals surface area contributed by atoms with E-state index in [-0.39, 0.29) is 0 Å². The smallest absolute Gasteiger partial charge is 0.248 e. The number of hydrogen-bond acceptors (Lipinski definition) is 3. The van der Waals surface area contributed by atoms with E-state index in [1.54, 1.807) is 24.3 Å². The van der Waals surface area contributed by atoms with Gasteiger partial charge in [0.2, 0.25) is 5.91 Å². The molecule has 0 saturated heterocycles. The SMILES string of the molecule is NC(=O)c1cccc(OCc2ccc(N)cc2)c1. The molecule has 92 valence electrons. The van der Waals surface area contributed by atoms with Crippen LogP contribution in [0, 0.1) is 0 Å². The molecule has 0 fully saturated rings. The molecule has 0 aliphatic rings. The fraction of sp³-hybridized carbons (Fsp3) is 0.0714. The number of hydrogen-bond donors (Lipinski definition) is 2. The molecule has 2 aromatic carbocycles. The van der Waals surface area contributed by atoms with Crippen LogP contribution in [0.4, 0.5) is 5.69 Å². The van der Waals surface area contributed by atoms with Crippen molar-refractivity contribution in [2.45, 2.75) is 6.61 Å². The van der Waals surface area contributed by atoms with E-state index in [4.69, 9.17) is 16.2 Å². The quantitative estimate of drug-likeness (QED) is 0.804. The summed E-state index contributed by atoms with van der Waals surface area (Å²) < 4.78 is 5.57. The first-order valence-electron chi connectivity index (χ1n) is 5.52. The average molecular weight is 242 g/mol. The van der Waals surface area contributed by atoms with E-state index in [1.807, 2.05) is 24.3 Å². The highest BCUT2D eigenvalue weighted by atomic mass is 16.5. The van der Waals surface area contributed by atoms with Crippen molar-refractivity contribution in [1.82, 2.24) is 0 Å². The number of carbonyl (C=O) groups excluding carboxylic acids is 1. The van der Waals surface area contributed by atoms with Gasteiger partial charge in [-0.2, -0.15) is 0 Å². The molecule has 0 aromatic heterocycles. The fourth-order valence-electron chi connectivity index (χ4n) is 1.52. The maximum absolute atomic E-state index is 11.0. The average Bonchev–Trinajstić information content (AvgIpc) is 2.38. The Morgan fingerprint density at radius 3 is 2.50 bits per heavy atom. The van der Waals surface area contributed by atoms with Gasteiger partial charge in [-0.25, -0.2) is 0 Å². The van der Waals surface area contributed by atoms with Crippen LogP contribution >= 0.6 is 0 Å². The van der Waals surface area contributed by atoms with E-state index in [0.717, 1.165) is 11.3 Å². The zero-order valence-corrected chi connectivity index (χ0v) is 9.80. The van der Waals surface area contributed by atoms with Crippen molar-refractivity contribution in [3.05, 3.63) is 59.7 Å². The van der Waals surface area contributed by atoms with E-state index in [1.165, 1.54) is 0 Å². The monoisotopic (exact) mass is 242 g/mol. The highest BCUT2D eigenvalue weighted by Gasteiger charge is 2.02. The summed E-state index contributed by atoms with van der Waals surface area (Å²) in [7, 11) is 0. The molecule has 0 atom stereocenters. The third kappa shape index (κ3) is 3.01. The van der Waals surface area contributed by atoms with Gasteiger partial charge in [0.05, 0.1) is 0 Å². The molecular weight excluding hydrogens is 228 g/mol. The van der Waals surface area contributed by atoms with E-state index < -0.39 is 5.91 Å². The summed E-state index contributed by atoms with van der Waals surface area (Å²) in [5, 5.41) is 0. The number of rotatable bonds is 4. The predicted molar refractivity (Wildman–Crippen MR) is 70.1 cm³/mol. The van der Waals surface area contributed by atoms with Gasteiger partial charge in [0.1, 0.15) is 12.4 Å². The van der Waals surface area contributed by atoms with Crippen molar-refractivity contribution in [1.29, 1.82) is 0 Å². The van der Waals surface area contributed by atoms with Crippen LogP contribution in [0.1, 0.15) is 15.9 Å². The van der Waals surface area contributed by atoms with Gasteiger partial charge >= 0.3 is 0 Å². The zero-order chi connectivity index (χ0) is 13.0. The lowest BCUT2D eigenvalue weighted by Crippen LogP contribution is -2.10. The molecule has 0 aliphatic carbocycles. The Bertz CT molecular complexity index is 550. The lowest BCUT2D eigenvalue weighted by Gasteiger charge is -2.07. The molecule has 1 amide bonds. The Hall–Kier alpha value is -2.49. The van der Waals surface area contributed by atoms with Gasteiger partial charge in [-0.3, -0.25) is 4.79 Å². The summed E-state index contributed by atoms with van der Waals surface area (Å²) in [6.45, 7) is 0.419. The van der Waals surface area contributed by atoms with Crippen LogP contribution in [-0.4, -0.2) is 5.91 Å². The van der Waals surface area contributed by atoms with Gasteiger partial charge in [-0.1, -0.05) is 18.2 Å². The van der Waals surface area contributed by atoms with Crippen LogP contribution < -0.4 is 16.2 Å². The van der Waals surface area contributed by atoms with Crippen LogP contribution in [0.2, 0.25) is 0 Å². The van der Waals surface area contributed by atoms with E-state index in [0.29, 0.717) is 17.9 Å². The zero-order valence-electron chi connectivity index (χ0n) is 9.80. The third-order valence-electron chi connectivity index (χ3n) is 2.50. The van der Waals surface area contributed by atoms with Gasteiger partial charge in [-0.15, -0.1) is 0 Å². The largest absolute Gasteiger partial charge is 0.489 e. The van der Waals surface area contributed by atoms with Gasteiger partial charge in [0.25, 0.3) is 0 Å². The highest BCUT2D eigenvalue weighted by Crippen LogP contribution is 2.15. The summed E-state index contributed by atoms with van der Waals surface area (Å²) in [6.07, 6.45) is 0. The second-order valence-corrected chi connectivity index (χ2v) is 3.92. The van der Waals surface area contributed by atoms with Gasteiger partial charge in [-0.05, 0) is 35.9 Å². The molecule has 0 radical (unpaired) electrons. The molecule has 2 aromatic rings. The molecule has 0 saturated carbocycles. The van der Waals surface area contributed by atoms with E-state index in [2.05, 4.69) is 0 Å². The number of nitrogen functional groups attached to an aromatic ring is 1. The van der Waals surface area contributed by atoms with Crippen molar-refractivity contribution >= 4 is 11.6 Å². The number of nitrogens with two attached hydrogens (primary N) is 2. The number of anilines is 1. The highest BCUT2D eigenvalue weighted by molar-refractivity contribution is 5.93. The minimum Gasteiger partial charge on any atom is -0.489 e. The Morgan fingerprint density at radius 2 is 1.83 bits per heavy atom. The molecule has 4 heteroatoms. The summed E-state index contributed by atoms with van der Waals surface area (Å²) >= 11 is 0. The minimum absolute atomic E-state index is 0.419. The van der Waals surface area contributed by atoms with Crippen LogP contribution in [-0.2, 0) is 6.61 Å². The van der Waals surface area contributed by atoms with Gasteiger partial charge in [0, 0.05) is 11.3 Å². The van der Waals surface area contributed by atoms with Crippen molar-refractivity contribution in [3.63, 3.8) is 0 Å². The standard InChI is InChI=1S/C14H14N2O2/c15-12-6-4-10(5-7-12)9-18-13-3-1-2-11(8-13)14(16)17/h1-8H,9,15H2,(H2,16,17). The number of primary amides is 1. The van der Waals surface area contributed by atoms with Crippen molar-refractivity contribution in [3.8, 4) is 5.75 Å². The molecule has 18 heavy (non-hydrogen) atoms. The molecule has 0 unspecified atom stereocenters. The molecule has 4 N–H and O–H groups in total. The summed E-state index contributed by atoms with van der Waals surface area (Å²) in [5.41, 5.74) is 13.0. The third-order valence-corrected chi connectivity index (χ3v) is 2.50. The van der Waals surface area contributed by atoms with Crippen LogP contribution in [0.25, 0.3) is 0 Å². The Morgan fingerprint density at radius 1 is 1.11 bits per heavy atom. The fourth-order valence-corrected chi connectivity index (χ4v) is 1.52. The maximum atomic E-state index is 11.0. The molecule has 0 bridgehead atoms. The van der Waals surface area contributed by atoms with Crippen LogP contribution in [0.5, 0.6) is 5.75 Å². The van der Waals surface area contributed by atoms with Crippen molar-refractivity contribution in [2.75, 3.05) is 5.73 Å². The first kappa shape index (κ1) is 12.0. The Balaban J connectivity index is 2.04. The lowest BCUT2D eigenvalue weighted by atomic mass is 10.2. The van der Waals surface area contributed by atoms with Crippen LogP contribution in [0.15, 0.2) is 48.5 Å². The number of amides is 1. The summed E-state index contributed by atoms with van der Waals surface area (Å²) in [6, 6.07) is 14.2.